The van der Waals surface area contributed by atoms with Crippen LogP contribution in [0.25, 0.3) is 0 Å². The van der Waals surface area contributed by atoms with Gasteiger partial charge in [-0.15, -0.1) is 0 Å². The number of halogens is 1. The standard InChI is InChI=1S/C16H14BrNO2/c17-12-4-1-3-11(9-12)10-15(19)13-5-2-6-14-16(13)20-8-7-18-14/h1-6,9,18H,7-8,10H2. The van der Waals surface area contributed by atoms with Crippen molar-refractivity contribution >= 4 is 27.4 Å². The highest BCUT2D eigenvalue weighted by Gasteiger charge is 2.19. The Morgan fingerprint density at radius 3 is 2.95 bits per heavy atom. The normalized spacial score (nSPS) is 13.1. The summed E-state index contributed by atoms with van der Waals surface area (Å²) in [6, 6.07) is 13.4. The van der Waals surface area contributed by atoms with Gasteiger partial charge in [0.05, 0.1) is 11.3 Å². The molecule has 2 aromatic rings. The topological polar surface area (TPSA) is 38.3 Å². The Bertz CT molecular complexity index is 655. The maximum absolute atomic E-state index is 12.5. The molecule has 0 aliphatic carbocycles. The first kappa shape index (κ1) is 13.2. The highest BCUT2D eigenvalue weighted by atomic mass is 79.9. The molecule has 0 fully saturated rings. The first-order valence-electron chi connectivity index (χ1n) is 6.51. The number of hydrogen-bond donors (Lipinski definition) is 1. The van der Waals surface area contributed by atoms with Gasteiger partial charge in [0.2, 0.25) is 0 Å². The lowest BCUT2D eigenvalue weighted by atomic mass is 10.0. The van der Waals surface area contributed by atoms with E-state index in [1.54, 1.807) is 0 Å². The van der Waals surface area contributed by atoms with Gasteiger partial charge in [-0.3, -0.25) is 4.79 Å². The molecule has 1 aliphatic rings. The molecule has 2 aromatic carbocycles. The number of ether oxygens (including phenoxy) is 1. The minimum absolute atomic E-state index is 0.0728. The Balaban J connectivity index is 1.88. The summed E-state index contributed by atoms with van der Waals surface area (Å²) in [5.74, 6) is 0.752. The third-order valence-electron chi connectivity index (χ3n) is 3.23. The number of rotatable bonds is 3. The number of carbonyl (C=O) groups excluding carboxylic acids is 1. The first-order valence-corrected chi connectivity index (χ1v) is 7.30. The number of hydrogen-bond acceptors (Lipinski definition) is 3. The molecule has 0 saturated heterocycles. The van der Waals surface area contributed by atoms with E-state index in [4.69, 9.17) is 4.74 Å². The number of benzene rings is 2. The Morgan fingerprint density at radius 1 is 1.25 bits per heavy atom. The lowest BCUT2D eigenvalue weighted by Crippen LogP contribution is -2.20. The van der Waals surface area contributed by atoms with E-state index in [-0.39, 0.29) is 5.78 Å². The van der Waals surface area contributed by atoms with Gasteiger partial charge in [0, 0.05) is 17.4 Å². The molecule has 20 heavy (non-hydrogen) atoms. The highest BCUT2D eigenvalue weighted by Crippen LogP contribution is 2.32. The molecule has 0 bridgehead atoms. The molecule has 0 atom stereocenters. The molecule has 1 N–H and O–H groups in total. The monoisotopic (exact) mass is 331 g/mol. The summed E-state index contributed by atoms with van der Waals surface area (Å²) < 4.78 is 6.63. The fraction of sp³-hybridized carbons (Fsp3) is 0.188. The predicted molar refractivity (Wildman–Crippen MR) is 82.6 cm³/mol. The minimum Gasteiger partial charge on any atom is -0.489 e. The molecular weight excluding hydrogens is 318 g/mol. The molecular formula is C16H14BrNO2. The van der Waals surface area contributed by atoms with Gasteiger partial charge in [-0.1, -0.05) is 34.1 Å². The number of Topliss-reactive ketones (excluding diaryl/α,β-unsaturated/α-hetero) is 1. The maximum Gasteiger partial charge on any atom is 0.171 e. The van der Waals surface area contributed by atoms with E-state index in [1.807, 2.05) is 42.5 Å². The lowest BCUT2D eigenvalue weighted by molar-refractivity contribution is 0.0989. The van der Waals surface area contributed by atoms with Gasteiger partial charge in [0.25, 0.3) is 0 Å². The van der Waals surface area contributed by atoms with Gasteiger partial charge < -0.3 is 10.1 Å². The summed E-state index contributed by atoms with van der Waals surface area (Å²) in [6.07, 6.45) is 0.374. The van der Waals surface area contributed by atoms with Crippen LogP contribution in [0.2, 0.25) is 0 Å². The third-order valence-corrected chi connectivity index (χ3v) is 3.73. The molecule has 0 unspecified atom stereocenters. The van der Waals surface area contributed by atoms with Crippen LogP contribution in [0.4, 0.5) is 5.69 Å². The zero-order valence-corrected chi connectivity index (χ0v) is 12.4. The van der Waals surface area contributed by atoms with Gasteiger partial charge >= 0.3 is 0 Å². The van der Waals surface area contributed by atoms with Gasteiger partial charge in [0.1, 0.15) is 6.61 Å². The highest BCUT2D eigenvalue weighted by molar-refractivity contribution is 9.10. The van der Waals surface area contributed by atoms with Crippen LogP contribution in [0, 0.1) is 0 Å². The third kappa shape index (κ3) is 2.70. The van der Waals surface area contributed by atoms with Gasteiger partial charge in [-0.05, 0) is 29.8 Å². The summed E-state index contributed by atoms with van der Waals surface area (Å²) in [4.78, 5) is 12.5. The van der Waals surface area contributed by atoms with E-state index < -0.39 is 0 Å². The van der Waals surface area contributed by atoms with Gasteiger partial charge in [-0.2, -0.15) is 0 Å². The van der Waals surface area contributed by atoms with Crippen molar-refractivity contribution in [2.75, 3.05) is 18.5 Å². The van der Waals surface area contributed by atoms with E-state index in [2.05, 4.69) is 21.2 Å². The maximum atomic E-state index is 12.5. The van der Waals surface area contributed by atoms with Crippen LogP contribution in [-0.2, 0) is 6.42 Å². The van der Waals surface area contributed by atoms with Crippen LogP contribution >= 0.6 is 15.9 Å². The van der Waals surface area contributed by atoms with Crippen molar-refractivity contribution in [2.45, 2.75) is 6.42 Å². The molecule has 102 valence electrons. The molecule has 1 aliphatic heterocycles. The Hall–Kier alpha value is -1.81. The molecule has 0 radical (unpaired) electrons. The molecule has 0 spiro atoms. The van der Waals surface area contributed by atoms with E-state index in [9.17, 15) is 4.79 Å². The van der Waals surface area contributed by atoms with Crippen LogP contribution in [0.1, 0.15) is 15.9 Å². The van der Waals surface area contributed by atoms with Crippen molar-refractivity contribution in [2.24, 2.45) is 0 Å². The fourth-order valence-electron chi connectivity index (χ4n) is 2.32. The average Bonchev–Trinajstić information content (AvgIpc) is 2.46. The lowest BCUT2D eigenvalue weighted by Gasteiger charge is -2.21. The number of para-hydroxylation sites is 1. The second kappa shape index (κ2) is 5.67. The van der Waals surface area contributed by atoms with Crippen molar-refractivity contribution in [1.82, 2.24) is 0 Å². The van der Waals surface area contributed by atoms with E-state index in [0.717, 1.165) is 22.3 Å². The molecule has 0 saturated carbocycles. The second-order valence-corrected chi connectivity index (χ2v) is 5.60. The summed E-state index contributed by atoms with van der Waals surface area (Å²) in [5.41, 5.74) is 2.54. The molecule has 0 amide bonds. The van der Waals surface area contributed by atoms with Crippen LogP contribution in [0.3, 0.4) is 0 Å². The first-order chi connectivity index (χ1) is 9.74. The Morgan fingerprint density at radius 2 is 2.10 bits per heavy atom. The number of anilines is 1. The number of nitrogens with one attached hydrogen (secondary N) is 1. The van der Waals surface area contributed by atoms with E-state index in [1.165, 1.54) is 0 Å². The Labute approximate surface area is 126 Å². The Kier molecular flexibility index (Phi) is 3.74. The summed E-state index contributed by atoms with van der Waals surface area (Å²) in [7, 11) is 0. The quantitative estimate of drug-likeness (QED) is 0.872. The van der Waals surface area contributed by atoms with Crippen molar-refractivity contribution in [3.05, 3.63) is 58.1 Å². The van der Waals surface area contributed by atoms with E-state index in [0.29, 0.717) is 24.3 Å². The predicted octanol–water partition coefficient (Wildman–Crippen LogP) is 3.68. The van der Waals surface area contributed by atoms with Crippen LogP contribution in [0.5, 0.6) is 5.75 Å². The minimum atomic E-state index is 0.0728. The summed E-state index contributed by atoms with van der Waals surface area (Å²) in [5, 5.41) is 3.25. The molecule has 1 heterocycles. The smallest absolute Gasteiger partial charge is 0.171 e. The van der Waals surface area contributed by atoms with Gasteiger partial charge in [0.15, 0.2) is 11.5 Å². The van der Waals surface area contributed by atoms with E-state index >= 15 is 0 Å². The van der Waals surface area contributed by atoms with Crippen molar-refractivity contribution in [1.29, 1.82) is 0 Å². The summed E-state index contributed by atoms with van der Waals surface area (Å²) >= 11 is 3.42. The van der Waals surface area contributed by atoms with Crippen LogP contribution in [-0.4, -0.2) is 18.9 Å². The van der Waals surface area contributed by atoms with Gasteiger partial charge in [-0.25, -0.2) is 0 Å². The zero-order valence-electron chi connectivity index (χ0n) is 10.9. The molecule has 3 nitrogen and oxygen atoms in total. The second-order valence-electron chi connectivity index (χ2n) is 4.69. The number of carbonyl (C=O) groups is 1. The van der Waals surface area contributed by atoms with Crippen molar-refractivity contribution < 1.29 is 9.53 Å². The largest absolute Gasteiger partial charge is 0.489 e. The summed E-state index contributed by atoms with van der Waals surface area (Å²) in [6.45, 7) is 1.37. The van der Waals surface area contributed by atoms with Crippen LogP contribution < -0.4 is 10.1 Å². The van der Waals surface area contributed by atoms with Crippen molar-refractivity contribution in [3.63, 3.8) is 0 Å². The molecule has 0 aromatic heterocycles. The number of ketones is 1. The SMILES string of the molecule is O=C(Cc1cccc(Br)c1)c1cccc2c1OCCN2. The van der Waals surface area contributed by atoms with Crippen LogP contribution in [0.15, 0.2) is 46.9 Å². The average molecular weight is 332 g/mol. The zero-order chi connectivity index (χ0) is 13.9. The number of fused-ring (bicyclic) bond motifs is 1. The fourth-order valence-corrected chi connectivity index (χ4v) is 2.76. The molecule has 4 heteroatoms. The molecule has 3 rings (SSSR count). The van der Waals surface area contributed by atoms with Crippen molar-refractivity contribution in [3.8, 4) is 5.75 Å².